The number of nitrogens with two attached hydrogens (primary N) is 1. The van der Waals surface area contributed by atoms with E-state index in [1.807, 2.05) is 0 Å². The molecule has 3 N–H and O–H groups in total. The molecule has 0 saturated carbocycles. The van der Waals surface area contributed by atoms with Gasteiger partial charge in [-0.2, -0.15) is 8.78 Å². The van der Waals surface area contributed by atoms with E-state index >= 15 is 0 Å². The van der Waals surface area contributed by atoms with Crippen molar-refractivity contribution in [1.82, 2.24) is 15.3 Å². The van der Waals surface area contributed by atoms with Crippen LogP contribution in [0.15, 0.2) is 36.4 Å². The summed E-state index contributed by atoms with van der Waals surface area (Å²) in [5.41, 5.74) is 7.18. The third-order valence-corrected chi connectivity index (χ3v) is 3.60. The number of benzene rings is 2. The number of carbonyl (C=O) groups is 1. The van der Waals surface area contributed by atoms with Gasteiger partial charge in [-0.25, -0.2) is 4.98 Å². The largest absolute Gasteiger partial charge is 0.434 e. The maximum absolute atomic E-state index is 12.6. The van der Waals surface area contributed by atoms with Gasteiger partial charge in [0.1, 0.15) is 17.1 Å². The molecule has 140 valence electrons. The number of amides is 1. The number of H-pyrrole nitrogens is 1. The van der Waals surface area contributed by atoms with Crippen molar-refractivity contribution < 1.29 is 27.3 Å². The predicted octanol–water partition coefficient (Wildman–Crippen LogP) is 4.13. The number of nitrogen functional groups attached to an aromatic ring is 1. The van der Waals surface area contributed by atoms with Crippen LogP contribution in [0.2, 0.25) is 0 Å². The minimum absolute atomic E-state index is 0.301. The zero-order valence-corrected chi connectivity index (χ0v) is 13.5. The summed E-state index contributed by atoms with van der Waals surface area (Å²) >= 11 is 0. The van der Waals surface area contributed by atoms with Gasteiger partial charge in [-0.1, -0.05) is 27.2 Å². The van der Waals surface area contributed by atoms with Crippen molar-refractivity contribution in [2.24, 2.45) is 0 Å². The Morgan fingerprint density at radius 1 is 1.22 bits per heavy atom. The van der Waals surface area contributed by atoms with Gasteiger partial charge in [0.15, 0.2) is 0 Å². The Balaban J connectivity index is 1.93. The van der Waals surface area contributed by atoms with Gasteiger partial charge in [0, 0.05) is 5.34 Å². The van der Waals surface area contributed by atoms with Crippen LogP contribution in [0.1, 0.15) is 21.7 Å². The number of aromatic nitrogens is 2. The number of carbonyl (C=O) groups excluding carboxylic acids is 1. The molecule has 0 spiro atoms. The van der Waals surface area contributed by atoms with Gasteiger partial charge in [-0.15, -0.1) is 0 Å². The number of alkyl halides is 2. The van der Waals surface area contributed by atoms with Crippen molar-refractivity contribution in [1.29, 1.82) is 0 Å². The van der Waals surface area contributed by atoms with Gasteiger partial charge < -0.3 is 15.5 Å². The molecule has 0 radical (unpaired) electrons. The highest BCUT2D eigenvalue weighted by Gasteiger charge is 2.22. The van der Waals surface area contributed by atoms with E-state index in [1.165, 1.54) is 18.2 Å². The first kappa shape index (κ1) is 18.2. The fourth-order valence-corrected chi connectivity index (χ4v) is 2.44. The lowest BCUT2D eigenvalue weighted by Crippen LogP contribution is -2.16. The number of imidazole rings is 1. The lowest BCUT2D eigenvalue weighted by atomic mass is 10.1. The van der Waals surface area contributed by atoms with E-state index in [0.29, 0.717) is 28.1 Å². The van der Waals surface area contributed by atoms with E-state index in [4.69, 9.17) is 5.73 Å². The molecule has 1 aromatic heterocycles. The topological polar surface area (TPSA) is 84.2 Å². The van der Waals surface area contributed by atoms with Crippen molar-refractivity contribution in [3.63, 3.8) is 0 Å². The summed E-state index contributed by atoms with van der Waals surface area (Å²) in [7, 11) is 0. The zero-order chi connectivity index (χ0) is 19.6. The molecule has 6 nitrogen and oxygen atoms in total. The summed E-state index contributed by atoms with van der Waals surface area (Å²) < 4.78 is 54.0. The Bertz CT molecular complexity index is 1020. The SMILES string of the molecule is Nc1cccc2[nH]c(/C=C/c3ccc(OC(F)F)c(C(=O)N(F)F)c3)nc12. The minimum Gasteiger partial charge on any atom is -0.434 e. The summed E-state index contributed by atoms with van der Waals surface area (Å²) in [5, 5.41) is -1.71. The highest BCUT2D eigenvalue weighted by Crippen LogP contribution is 2.25. The standard InChI is InChI=1S/C17H12F4N4O2/c18-17(19)27-13-6-4-9(8-10(13)16(26)25(20)21)5-7-14-23-12-3-1-2-11(22)15(12)24-14/h1-8,17H,22H2,(H,23,24)/b7-5+. The molecule has 0 aliphatic heterocycles. The summed E-state index contributed by atoms with van der Waals surface area (Å²) in [6.45, 7) is -3.26. The molecule has 0 aliphatic carbocycles. The maximum Gasteiger partial charge on any atom is 0.387 e. The molecule has 3 rings (SSSR count). The molecule has 0 atom stereocenters. The van der Waals surface area contributed by atoms with E-state index in [9.17, 15) is 22.5 Å². The van der Waals surface area contributed by atoms with Gasteiger partial charge in [-0.05, 0) is 35.9 Å². The number of anilines is 1. The first-order chi connectivity index (χ1) is 12.8. The molecule has 10 heteroatoms. The normalized spacial score (nSPS) is 11.4. The second-order valence-corrected chi connectivity index (χ2v) is 5.37. The monoisotopic (exact) mass is 380 g/mol. The quantitative estimate of drug-likeness (QED) is 0.396. The molecule has 0 bridgehead atoms. The number of aromatic amines is 1. The molecule has 0 aliphatic rings. The molecule has 1 heterocycles. The first-order valence-corrected chi connectivity index (χ1v) is 7.52. The zero-order valence-electron chi connectivity index (χ0n) is 13.5. The van der Waals surface area contributed by atoms with E-state index in [2.05, 4.69) is 14.7 Å². The van der Waals surface area contributed by atoms with Crippen LogP contribution in [-0.4, -0.2) is 27.8 Å². The van der Waals surface area contributed by atoms with Crippen LogP contribution in [0.4, 0.5) is 23.4 Å². The number of fused-ring (bicyclic) bond motifs is 1. The molecule has 2 aromatic carbocycles. The number of rotatable bonds is 5. The minimum atomic E-state index is -3.26. The molecule has 27 heavy (non-hydrogen) atoms. The van der Waals surface area contributed by atoms with Gasteiger partial charge in [0.25, 0.3) is 0 Å². The van der Waals surface area contributed by atoms with E-state index in [-0.39, 0.29) is 0 Å². The summed E-state index contributed by atoms with van der Waals surface area (Å²) in [6.07, 6.45) is 3.00. The molecule has 0 unspecified atom stereocenters. The second kappa shape index (κ2) is 7.36. The number of nitrogens with zero attached hydrogens (tertiary/aromatic N) is 2. The van der Waals surface area contributed by atoms with E-state index in [0.717, 1.165) is 12.1 Å². The van der Waals surface area contributed by atoms with Crippen LogP contribution in [0, 0.1) is 0 Å². The number of hydrogen-bond acceptors (Lipinski definition) is 4. The Morgan fingerprint density at radius 2 is 2.00 bits per heavy atom. The number of halogens is 4. The van der Waals surface area contributed by atoms with Crippen molar-refractivity contribution in [3.8, 4) is 5.75 Å². The number of hydrogen-bond donors (Lipinski definition) is 2. The number of para-hydroxylation sites is 1. The van der Waals surface area contributed by atoms with Crippen LogP contribution in [0.5, 0.6) is 5.75 Å². The maximum atomic E-state index is 12.6. The van der Waals surface area contributed by atoms with Crippen LogP contribution in [0.3, 0.4) is 0 Å². The molecule has 0 saturated heterocycles. The Hall–Kier alpha value is -3.56. The highest BCUT2D eigenvalue weighted by molar-refractivity contribution is 5.96. The molecular formula is C17H12F4N4O2. The van der Waals surface area contributed by atoms with Crippen molar-refractivity contribution in [2.75, 3.05) is 5.73 Å². The van der Waals surface area contributed by atoms with Crippen molar-refractivity contribution >= 4 is 34.8 Å². The van der Waals surface area contributed by atoms with Crippen LogP contribution in [-0.2, 0) is 0 Å². The molecular weight excluding hydrogens is 368 g/mol. The van der Waals surface area contributed by atoms with Crippen LogP contribution < -0.4 is 10.5 Å². The summed E-state index contributed by atoms with van der Waals surface area (Å²) in [4.78, 5) is 18.8. The van der Waals surface area contributed by atoms with E-state index < -0.39 is 29.2 Å². The fourth-order valence-electron chi connectivity index (χ4n) is 2.44. The Labute approximate surface area is 149 Å². The lowest BCUT2D eigenvalue weighted by Gasteiger charge is -2.10. The van der Waals surface area contributed by atoms with Gasteiger partial charge in [0.2, 0.25) is 0 Å². The summed E-state index contributed by atoms with van der Waals surface area (Å²) in [5.74, 6) is -1.98. The third kappa shape index (κ3) is 4.00. The number of ether oxygens (including phenoxy) is 1. The van der Waals surface area contributed by atoms with Crippen LogP contribution in [0.25, 0.3) is 23.2 Å². The number of nitrogens with one attached hydrogen (secondary N) is 1. The lowest BCUT2D eigenvalue weighted by molar-refractivity contribution is -0.109. The average molecular weight is 380 g/mol. The molecule has 0 fully saturated rings. The first-order valence-electron chi connectivity index (χ1n) is 7.52. The average Bonchev–Trinajstić information content (AvgIpc) is 3.04. The van der Waals surface area contributed by atoms with Gasteiger partial charge >= 0.3 is 12.5 Å². The third-order valence-electron chi connectivity index (χ3n) is 3.60. The van der Waals surface area contributed by atoms with Crippen molar-refractivity contribution in [2.45, 2.75) is 6.61 Å². The Morgan fingerprint density at radius 3 is 2.67 bits per heavy atom. The van der Waals surface area contributed by atoms with Crippen LogP contribution >= 0.6 is 0 Å². The highest BCUT2D eigenvalue weighted by atomic mass is 19.4. The second-order valence-electron chi connectivity index (χ2n) is 5.37. The summed E-state index contributed by atoms with van der Waals surface area (Å²) in [6, 6.07) is 8.58. The molecule has 3 aromatic rings. The van der Waals surface area contributed by atoms with Crippen molar-refractivity contribution in [3.05, 3.63) is 53.3 Å². The Kier molecular flexibility index (Phi) is 4.97. The predicted molar refractivity (Wildman–Crippen MR) is 90.9 cm³/mol. The van der Waals surface area contributed by atoms with Gasteiger partial charge in [0.05, 0.1) is 16.8 Å². The molecule has 1 amide bonds. The van der Waals surface area contributed by atoms with Gasteiger partial charge in [-0.3, -0.25) is 4.79 Å². The van der Waals surface area contributed by atoms with E-state index in [1.54, 1.807) is 18.2 Å². The smallest absolute Gasteiger partial charge is 0.387 e. The fraction of sp³-hybridized carbons (Fsp3) is 0.0588.